The van der Waals surface area contributed by atoms with Crippen LogP contribution in [0.4, 0.5) is 0 Å². The molecule has 35 heavy (non-hydrogen) atoms. The topological polar surface area (TPSA) is 92.0 Å². The highest BCUT2D eigenvalue weighted by Gasteiger charge is 2.18. The van der Waals surface area contributed by atoms with E-state index in [0.717, 1.165) is 5.56 Å². The molecule has 1 aromatic heterocycles. The van der Waals surface area contributed by atoms with E-state index in [1.54, 1.807) is 56.5 Å². The molecule has 4 rings (SSSR count). The number of ether oxygens (including phenoxy) is 3. The van der Waals surface area contributed by atoms with Gasteiger partial charge in [0.05, 0.1) is 30.8 Å². The van der Waals surface area contributed by atoms with Gasteiger partial charge < -0.3 is 14.2 Å². The van der Waals surface area contributed by atoms with E-state index in [0.29, 0.717) is 33.8 Å². The van der Waals surface area contributed by atoms with Crippen LogP contribution in [0, 0.1) is 0 Å². The fourth-order valence-corrected chi connectivity index (χ4v) is 3.49. The Kier molecular flexibility index (Phi) is 7.21. The SMILES string of the molecule is CCOC(=O)[C@H](C)Oc1ccc(C=Nn2c(-c3ccccc3)nc3ccccc3c2=O)cc1OC. The summed E-state index contributed by atoms with van der Waals surface area (Å²) in [5.41, 5.74) is 1.75. The molecule has 0 saturated heterocycles. The van der Waals surface area contributed by atoms with Gasteiger partial charge in [-0.25, -0.2) is 9.78 Å². The molecule has 0 bridgehead atoms. The number of carbonyl (C=O) groups is 1. The summed E-state index contributed by atoms with van der Waals surface area (Å²) in [6.07, 6.45) is 0.754. The standard InChI is InChI=1S/C27H25N3O5/c1-4-34-27(32)18(2)35-23-15-14-19(16-24(23)33-3)17-28-30-25(20-10-6-5-7-11-20)29-22-13-9-8-12-21(22)26(30)31/h5-18H,4H2,1-3H3/t18-/m0/s1. The Morgan fingerprint density at radius 1 is 1.06 bits per heavy atom. The molecule has 8 heteroatoms. The van der Waals surface area contributed by atoms with Crippen LogP contribution in [0.1, 0.15) is 19.4 Å². The van der Waals surface area contributed by atoms with Crippen LogP contribution >= 0.6 is 0 Å². The first kappa shape index (κ1) is 23.7. The molecule has 1 heterocycles. The maximum Gasteiger partial charge on any atom is 0.347 e. The maximum atomic E-state index is 13.3. The second-order valence-electron chi connectivity index (χ2n) is 7.60. The third kappa shape index (κ3) is 5.22. The number of carbonyl (C=O) groups excluding carboxylic acids is 1. The van der Waals surface area contributed by atoms with Gasteiger partial charge in [0.25, 0.3) is 5.56 Å². The zero-order valence-electron chi connectivity index (χ0n) is 19.7. The first-order chi connectivity index (χ1) is 17.0. The van der Waals surface area contributed by atoms with Gasteiger partial charge >= 0.3 is 5.97 Å². The normalized spacial score (nSPS) is 12.0. The van der Waals surface area contributed by atoms with Crippen LogP contribution in [0.2, 0.25) is 0 Å². The second-order valence-corrected chi connectivity index (χ2v) is 7.60. The van der Waals surface area contributed by atoms with Crippen LogP contribution in [0.5, 0.6) is 11.5 Å². The number of hydrogen-bond donors (Lipinski definition) is 0. The van der Waals surface area contributed by atoms with Crippen molar-refractivity contribution in [2.75, 3.05) is 13.7 Å². The van der Waals surface area contributed by atoms with Crippen molar-refractivity contribution < 1.29 is 19.0 Å². The average Bonchev–Trinajstić information content (AvgIpc) is 2.89. The van der Waals surface area contributed by atoms with Crippen LogP contribution in [-0.4, -0.2) is 41.7 Å². The minimum atomic E-state index is -0.793. The van der Waals surface area contributed by atoms with Crippen molar-refractivity contribution in [3.63, 3.8) is 0 Å². The van der Waals surface area contributed by atoms with Crippen molar-refractivity contribution in [3.8, 4) is 22.9 Å². The molecule has 178 valence electrons. The van der Waals surface area contributed by atoms with Gasteiger partial charge in [-0.15, -0.1) is 0 Å². The number of nitrogens with zero attached hydrogens (tertiary/aromatic N) is 3. The lowest BCUT2D eigenvalue weighted by Gasteiger charge is -2.16. The first-order valence-electron chi connectivity index (χ1n) is 11.1. The average molecular weight is 472 g/mol. The number of methoxy groups -OCH3 is 1. The van der Waals surface area contributed by atoms with Gasteiger partial charge in [0.1, 0.15) is 0 Å². The molecule has 4 aromatic rings. The molecule has 0 N–H and O–H groups in total. The van der Waals surface area contributed by atoms with Crippen molar-refractivity contribution in [2.24, 2.45) is 5.10 Å². The summed E-state index contributed by atoms with van der Waals surface area (Å²) in [6, 6.07) is 21.7. The van der Waals surface area contributed by atoms with Crippen molar-refractivity contribution in [1.82, 2.24) is 9.66 Å². The summed E-state index contributed by atoms with van der Waals surface area (Å²) >= 11 is 0. The Morgan fingerprint density at radius 2 is 1.80 bits per heavy atom. The van der Waals surface area contributed by atoms with E-state index in [-0.39, 0.29) is 12.2 Å². The van der Waals surface area contributed by atoms with E-state index in [4.69, 9.17) is 19.2 Å². The van der Waals surface area contributed by atoms with Crippen LogP contribution in [0.3, 0.4) is 0 Å². The molecule has 0 radical (unpaired) electrons. The van der Waals surface area contributed by atoms with Gasteiger partial charge in [0.15, 0.2) is 23.4 Å². The van der Waals surface area contributed by atoms with E-state index < -0.39 is 12.1 Å². The minimum absolute atomic E-state index is 0.271. The highest BCUT2D eigenvalue weighted by Crippen LogP contribution is 2.29. The largest absolute Gasteiger partial charge is 0.493 e. The zero-order chi connectivity index (χ0) is 24.8. The Labute approximate surface area is 202 Å². The fourth-order valence-electron chi connectivity index (χ4n) is 3.49. The number of aromatic nitrogens is 2. The number of hydrogen-bond acceptors (Lipinski definition) is 7. The van der Waals surface area contributed by atoms with Gasteiger partial charge in [0.2, 0.25) is 0 Å². The first-order valence-corrected chi connectivity index (χ1v) is 11.1. The minimum Gasteiger partial charge on any atom is -0.493 e. The predicted molar refractivity (Wildman–Crippen MR) is 134 cm³/mol. The number of esters is 1. The summed E-state index contributed by atoms with van der Waals surface area (Å²) in [4.78, 5) is 29.9. The molecule has 0 aliphatic carbocycles. The van der Waals surface area contributed by atoms with Gasteiger partial charge in [0, 0.05) is 5.56 Å². The quantitative estimate of drug-likeness (QED) is 0.281. The third-order valence-corrected chi connectivity index (χ3v) is 5.22. The molecule has 0 unspecified atom stereocenters. The van der Waals surface area contributed by atoms with Gasteiger partial charge in [-0.1, -0.05) is 42.5 Å². The lowest BCUT2D eigenvalue weighted by molar-refractivity contribution is -0.150. The number of benzene rings is 3. The number of para-hydroxylation sites is 1. The molecule has 0 spiro atoms. The van der Waals surface area contributed by atoms with Crippen LogP contribution < -0.4 is 15.0 Å². The molecule has 0 fully saturated rings. The highest BCUT2D eigenvalue weighted by molar-refractivity contribution is 5.83. The van der Waals surface area contributed by atoms with Crippen molar-refractivity contribution >= 4 is 23.1 Å². The Bertz CT molecular complexity index is 1430. The Morgan fingerprint density at radius 3 is 2.54 bits per heavy atom. The van der Waals surface area contributed by atoms with Crippen LogP contribution in [-0.2, 0) is 9.53 Å². The van der Waals surface area contributed by atoms with Crippen LogP contribution in [0.15, 0.2) is 82.7 Å². The predicted octanol–water partition coefficient (Wildman–Crippen LogP) is 4.28. The smallest absolute Gasteiger partial charge is 0.347 e. The highest BCUT2D eigenvalue weighted by atomic mass is 16.6. The van der Waals surface area contributed by atoms with Gasteiger partial charge in [-0.3, -0.25) is 4.79 Å². The molecule has 0 amide bonds. The summed E-state index contributed by atoms with van der Waals surface area (Å²) in [6.45, 7) is 3.61. The molecule has 0 aliphatic rings. The number of rotatable bonds is 8. The second kappa shape index (κ2) is 10.6. The monoisotopic (exact) mass is 471 g/mol. The molecule has 0 aliphatic heterocycles. The third-order valence-electron chi connectivity index (χ3n) is 5.22. The van der Waals surface area contributed by atoms with Crippen molar-refractivity contribution in [1.29, 1.82) is 0 Å². The number of fused-ring (bicyclic) bond motifs is 1. The molecular formula is C27H25N3O5. The maximum absolute atomic E-state index is 13.3. The molecule has 0 saturated carbocycles. The van der Waals surface area contributed by atoms with E-state index >= 15 is 0 Å². The van der Waals surface area contributed by atoms with Gasteiger partial charge in [-0.05, 0) is 49.7 Å². The summed E-state index contributed by atoms with van der Waals surface area (Å²) in [5.74, 6) is 0.773. The van der Waals surface area contributed by atoms with E-state index in [1.165, 1.54) is 11.8 Å². The lowest BCUT2D eigenvalue weighted by atomic mass is 10.2. The summed E-state index contributed by atoms with van der Waals surface area (Å²) < 4.78 is 17.4. The molecule has 3 aromatic carbocycles. The molecule has 8 nitrogen and oxygen atoms in total. The van der Waals surface area contributed by atoms with Crippen molar-refractivity contribution in [2.45, 2.75) is 20.0 Å². The zero-order valence-corrected chi connectivity index (χ0v) is 19.7. The lowest BCUT2D eigenvalue weighted by Crippen LogP contribution is -2.26. The van der Waals surface area contributed by atoms with Crippen LogP contribution in [0.25, 0.3) is 22.3 Å². The fraction of sp³-hybridized carbons (Fsp3) is 0.185. The van der Waals surface area contributed by atoms with E-state index in [1.807, 2.05) is 36.4 Å². The Balaban J connectivity index is 1.71. The van der Waals surface area contributed by atoms with E-state index in [9.17, 15) is 9.59 Å². The summed E-state index contributed by atoms with van der Waals surface area (Å²) in [7, 11) is 1.50. The Hall–Kier alpha value is -4.46. The van der Waals surface area contributed by atoms with Crippen molar-refractivity contribution in [3.05, 3.63) is 88.7 Å². The summed E-state index contributed by atoms with van der Waals surface area (Å²) in [5, 5.41) is 4.94. The molecular weight excluding hydrogens is 446 g/mol. The van der Waals surface area contributed by atoms with E-state index in [2.05, 4.69) is 5.10 Å². The van der Waals surface area contributed by atoms with Gasteiger partial charge in [-0.2, -0.15) is 9.78 Å². The molecule has 1 atom stereocenters.